The highest BCUT2D eigenvalue weighted by Gasteiger charge is 2.10. The van der Waals surface area contributed by atoms with E-state index in [-0.39, 0.29) is 0 Å². The third-order valence-corrected chi connectivity index (χ3v) is 3.81. The van der Waals surface area contributed by atoms with Gasteiger partial charge in [0.05, 0.1) is 12.2 Å². The van der Waals surface area contributed by atoms with Crippen LogP contribution in [0.15, 0.2) is 22.7 Å². The van der Waals surface area contributed by atoms with E-state index >= 15 is 0 Å². The van der Waals surface area contributed by atoms with Gasteiger partial charge in [-0.1, -0.05) is 18.9 Å². The summed E-state index contributed by atoms with van der Waals surface area (Å²) in [6.07, 6.45) is 6.56. The predicted octanol–water partition coefficient (Wildman–Crippen LogP) is 3.97. The summed E-state index contributed by atoms with van der Waals surface area (Å²) in [5.41, 5.74) is 2.45. The Kier molecular flexibility index (Phi) is 6.97. The lowest BCUT2D eigenvalue weighted by molar-refractivity contribution is 0.570. The molecule has 1 unspecified atom stereocenters. The van der Waals surface area contributed by atoms with Crippen LogP contribution in [-0.4, -0.2) is 19.6 Å². The monoisotopic (exact) mass is 322 g/mol. The molecule has 0 saturated heterocycles. The van der Waals surface area contributed by atoms with Gasteiger partial charge in [-0.05, 0) is 60.4 Å². The molecular weight excluding hydrogens is 300 g/mol. The lowest BCUT2D eigenvalue weighted by Crippen LogP contribution is -2.23. The Hall–Kier alpha value is -0.980. The van der Waals surface area contributed by atoms with E-state index in [1.165, 1.54) is 5.56 Å². The number of nitrogens with zero attached hydrogens (tertiary/aromatic N) is 1. The van der Waals surface area contributed by atoms with Crippen LogP contribution in [0.1, 0.15) is 38.8 Å². The minimum absolute atomic E-state index is 0.369. The molecule has 2 nitrogen and oxygen atoms in total. The SMILES string of the molecule is C#CCN(CC)c1ccc(C(C)NCCC)cc1Br. The van der Waals surface area contributed by atoms with Crippen molar-refractivity contribution in [2.75, 3.05) is 24.5 Å². The predicted molar refractivity (Wildman–Crippen MR) is 87.6 cm³/mol. The van der Waals surface area contributed by atoms with Crippen LogP contribution in [0.25, 0.3) is 0 Å². The van der Waals surface area contributed by atoms with Gasteiger partial charge in [0.25, 0.3) is 0 Å². The molecule has 3 heteroatoms. The van der Waals surface area contributed by atoms with Crippen molar-refractivity contribution < 1.29 is 0 Å². The minimum atomic E-state index is 0.369. The van der Waals surface area contributed by atoms with Gasteiger partial charge < -0.3 is 10.2 Å². The van der Waals surface area contributed by atoms with E-state index < -0.39 is 0 Å². The Morgan fingerprint density at radius 1 is 1.42 bits per heavy atom. The number of nitrogens with one attached hydrogen (secondary N) is 1. The van der Waals surface area contributed by atoms with Gasteiger partial charge in [0.2, 0.25) is 0 Å². The molecule has 0 spiro atoms. The topological polar surface area (TPSA) is 15.3 Å². The summed E-state index contributed by atoms with van der Waals surface area (Å²) in [5, 5.41) is 3.50. The molecule has 0 aliphatic heterocycles. The quantitative estimate of drug-likeness (QED) is 0.764. The van der Waals surface area contributed by atoms with E-state index in [1.807, 2.05) is 0 Å². The average Bonchev–Trinajstić information content (AvgIpc) is 2.42. The second-order valence-corrected chi connectivity index (χ2v) is 5.46. The number of rotatable bonds is 7. The third kappa shape index (κ3) is 4.56. The summed E-state index contributed by atoms with van der Waals surface area (Å²) >= 11 is 3.66. The van der Waals surface area contributed by atoms with E-state index in [2.05, 4.69) is 71.0 Å². The lowest BCUT2D eigenvalue weighted by Gasteiger charge is -2.23. The highest BCUT2D eigenvalue weighted by molar-refractivity contribution is 9.10. The van der Waals surface area contributed by atoms with Crippen LogP contribution in [0.2, 0.25) is 0 Å². The largest absolute Gasteiger partial charge is 0.360 e. The zero-order valence-electron chi connectivity index (χ0n) is 12.0. The average molecular weight is 323 g/mol. The molecule has 1 aromatic rings. The first-order chi connectivity index (χ1) is 9.13. The molecule has 0 saturated carbocycles. The first-order valence-electron chi connectivity index (χ1n) is 6.85. The Morgan fingerprint density at radius 3 is 2.68 bits per heavy atom. The van der Waals surface area contributed by atoms with Crippen LogP contribution in [-0.2, 0) is 0 Å². The van der Waals surface area contributed by atoms with E-state index in [9.17, 15) is 0 Å². The van der Waals surface area contributed by atoms with Crippen molar-refractivity contribution in [3.8, 4) is 12.3 Å². The van der Waals surface area contributed by atoms with Crippen molar-refractivity contribution >= 4 is 21.6 Å². The Morgan fingerprint density at radius 2 is 2.16 bits per heavy atom. The van der Waals surface area contributed by atoms with Crippen LogP contribution in [0.4, 0.5) is 5.69 Å². The summed E-state index contributed by atoms with van der Waals surface area (Å²) in [5.74, 6) is 2.70. The van der Waals surface area contributed by atoms with E-state index in [0.29, 0.717) is 12.6 Å². The van der Waals surface area contributed by atoms with Gasteiger partial charge in [-0.3, -0.25) is 0 Å². The highest BCUT2D eigenvalue weighted by Crippen LogP contribution is 2.29. The summed E-state index contributed by atoms with van der Waals surface area (Å²) < 4.78 is 1.10. The molecule has 1 aromatic carbocycles. The summed E-state index contributed by atoms with van der Waals surface area (Å²) in [4.78, 5) is 2.18. The van der Waals surface area contributed by atoms with Crippen molar-refractivity contribution in [3.63, 3.8) is 0 Å². The smallest absolute Gasteiger partial charge is 0.0791 e. The lowest BCUT2D eigenvalue weighted by atomic mass is 10.1. The Balaban J connectivity index is 2.87. The van der Waals surface area contributed by atoms with Crippen molar-refractivity contribution in [2.45, 2.75) is 33.2 Å². The fourth-order valence-corrected chi connectivity index (χ4v) is 2.65. The molecule has 0 aliphatic carbocycles. The number of hydrogen-bond acceptors (Lipinski definition) is 2. The van der Waals surface area contributed by atoms with Crippen LogP contribution in [0.3, 0.4) is 0 Å². The molecule has 0 aliphatic rings. The highest BCUT2D eigenvalue weighted by atomic mass is 79.9. The molecule has 0 fully saturated rings. The maximum absolute atomic E-state index is 5.41. The van der Waals surface area contributed by atoms with Crippen molar-refractivity contribution in [2.24, 2.45) is 0 Å². The maximum atomic E-state index is 5.41. The van der Waals surface area contributed by atoms with Gasteiger partial charge in [0, 0.05) is 17.1 Å². The van der Waals surface area contributed by atoms with Crippen LogP contribution in [0.5, 0.6) is 0 Å². The number of hydrogen-bond donors (Lipinski definition) is 1. The van der Waals surface area contributed by atoms with Crippen LogP contribution < -0.4 is 10.2 Å². The normalized spacial score (nSPS) is 11.9. The second kappa shape index (κ2) is 8.24. The fourth-order valence-electron chi connectivity index (χ4n) is 2.01. The van der Waals surface area contributed by atoms with Gasteiger partial charge >= 0.3 is 0 Å². The van der Waals surface area contributed by atoms with Crippen molar-refractivity contribution in [3.05, 3.63) is 28.2 Å². The van der Waals surface area contributed by atoms with Crippen molar-refractivity contribution in [1.29, 1.82) is 0 Å². The molecule has 0 bridgehead atoms. The van der Waals surface area contributed by atoms with Gasteiger partial charge in [0.1, 0.15) is 0 Å². The molecule has 1 atom stereocenters. The van der Waals surface area contributed by atoms with Gasteiger partial charge in [-0.2, -0.15) is 0 Å². The molecular formula is C16H23BrN2. The molecule has 19 heavy (non-hydrogen) atoms. The molecule has 0 radical (unpaired) electrons. The molecule has 104 valence electrons. The third-order valence-electron chi connectivity index (χ3n) is 3.18. The van der Waals surface area contributed by atoms with Crippen LogP contribution >= 0.6 is 15.9 Å². The van der Waals surface area contributed by atoms with Crippen molar-refractivity contribution in [1.82, 2.24) is 5.32 Å². The number of halogens is 1. The molecule has 0 heterocycles. The van der Waals surface area contributed by atoms with Gasteiger partial charge in [0.15, 0.2) is 0 Å². The Labute approximate surface area is 125 Å². The molecule has 1 rings (SSSR count). The van der Waals surface area contributed by atoms with E-state index in [4.69, 9.17) is 6.42 Å². The number of terminal acetylenes is 1. The fraction of sp³-hybridized carbons (Fsp3) is 0.500. The first-order valence-corrected chi connectivity index (χ1v) is 7.64. The standard InChI is InChI=1S/C16H23BrN2/c1-5-10-18-13(4)14-8-9-16(15(17)12-14)19(7-3)11-6-2/h2,8-9,12-13,18H,5,7,10-11H2,1,3-4H3. The second-order valence-electron chi connectivity index (χ2n) is 4.60. The summed E-state index contributed by atoms with van der Waals surface area (Å²) in [6, 6.07) is 6.87. The molecule has 1 N–H and O–H groups in total. The zero-order chi connectivity index (χ0) is 14.3. The number of benzene rings is 1. The van der Waals surface area contributed by atoms with E-state index in [1.54, 1.807) is 0 Å². The summed E-state index contributed by atoms with van der Waals surface area (Å²) in [6.45, 7) is 9.07. The summed E-state index contributed by atoms with van der Waals surface area (Å²) in [7, 11) is 0. The van der Waals surface area contributed by atoms with Gasteiger partial charge in [-0.25, -0.2) is 0 Å². The number of anilines is 1. The zero-order valence-corrected chi connectivity index (χ0v) is 13.6. The minimum Gasteiger partial charge on any atom is -0.360 e. The molecule has 0 amide bonds. The van der Waals surface area contributed by atoms with E-state index in [0.717, 1.165) is 29.7 Å². The molecule has 0 aromatic heterocycles. The maximum Gasteiger partial charge on any atom is 0.0791 e. The van der Waals surface area contributed by atoms with Gasteiger partial charge in [-0.15, -0.1) is 6.42 Å². The first kappa shape index (κ1) is 16.1. The van der Waals surface area contributed by atoms with Crippen LogP contribution in [0, 0.1) is 12.3 Å². The Bertz CT molecular complexity index is 437.